The number of hydrogen-bond donors (Lipinski definition) is 0. The van der Waals surface area contributed by atoms with Crippen molar-refractivity contribution in [3.05, 3.63) is 12.7 Å². The van der Waals surface area contributed by atoms with Crippen LogP contribution >= 0.6 is 0 Å². The van der Waals surface area contributed by atoms with Gasteiger partial charge >= 0.3 is 5.97 Å². The summed E-state index contributed by atoms with van der Waals surface area (Å²) in [4.78, 5) is 10.9. The molecule has 0 fully saturated rings. The fraction of sp³-hybridized carbons (Fsp3) is 0.750. The van der Waals surface area contributed by atoms with Gasteiger partial charge in [0, 0.05) is 6.08 Å². The smallest absolute Gasteiger partial charge is 0.330 e. The van der Waals surface area contributed by atoms with Crippen molar-refractivity contribution in [1.29, 1.82) is 0 Å². The third-order valence-corrected chi connectivity index (χ3v) is 2.29. The molecule has 0 aliphatic rings. The molecule has 0 bridgehead atoms. The molecule has 0 aromatic heterocycles. The molecular weight excluding hydrogens is 176 g/mol. The van der Waals surface area contributed by atoms with E-state index in [2.05, 4.69) is 20.4 Å². The minimum atomic E-state index is -0.303. The Kier molecular flexibility index (Phi) is 8.30. The maximum absolute atomic E-state index is 10.9. The zero-order chi connectivity index (χ0) is 10.8. The van der Waals surface area contributed by atoms with Crippen molar-refractivity contribution in [1.82, 2.24) is 0 Å². The Balaban J connectivity index is 3.71. The molecule has 2 nitrogen and oxygen atoms in total. The maximum Gasteiger partial charge on any atom is 0.330 e. The van der Waals surface area contributed by atoms with E-state index in [1.807, 2.05) is 0 Å². The van der Waals surface area contributed by atoms with Crippen LogP contribution in [0.4, 0.5) is 0 Å². The average molecular weight is 198 g/mol. The fourth-order valence-corrected chi connectivity index (χ4v) is 1.47. The van der Waals surface area contributed by atoms with Gasteiger partial charge in [0.25, 0.3) is 0 Å². The second-order valence-electron chi connectivity index (χ2n) is 3.63. The summed E-state index contributed by atoms with van der Waals surface area (Å²) >= 11 is 0. The largest absolute Gasteiger partial charge is 0.462 e. The third kappa shape index (κ3) is 6.70. The van der Waals surface area contributed by atoms with Crippen LogP contribution in [0.25, 0.3) is 0 Å². The van der Waals surface area contributed by atoms with Gasteiger partial charge in [0.05, 0.1) is 6.61 Å². The molecule has 1 atom stereocenters. The number of unbranched alkanes of at least 4 members (excludes halogenated alkanes) is 1. The summed E-state index contributed by atoms with van der Waals surface area (Å²) in [6, 6.07) is 0. The number of carbonyl (C=O) groups is 1. The van der Waals surface area contributed by atoms with Crippen LogP contribution in [0.5, 0.6) is 0 Å². The zero-order valence-electron chi connectivity index (χ0n) is 9.42. The van der Waals surface area contributed by atoms with E-state index >= 15 is 0 Å². The number of carbonyl (C=O) groups excluding carboxylic acids is 1. The van der Waals surface area contributed by atoms with Crippen molar-refractivity contribution < 1.29 is 9.53 Å². The molecule has 0 aliphatic carbocycles. The molecule has 82 valence electrons. The number of esters is 1. The molecule has 14 heavy (non-hydrogen) atoms. The second kappa shape index (κ2) is 8.79. The Labute approximate surface area is 87.3 Å². The highest BCUT2D eigenvalue weighted by atomic mass is 16.5. The summed E-state index contributed by atoms with van der Waals surface area (Å²) in [6.07, 6.45) is 7.11. The lowest BCUT2D eigenvalue weighted by atomic mass is 9.98. The number of ether oxygens (including phenoxy) is 1. The SMILES string of the molecule is C=CC(=O)OCC(CCC)CCCC. The Hall–Kier alpha value is -0.790. The van der Waals surface area contributed by atoms with Gasteiger partial charge in [0.1, 0.15) is 0 Å². The van der Waals surface area contributed by atoms with E-state index < -0.39 is 0 Å². The van der Waals surface area contributed by atoms with Crippen LogP contribution in [0.2, 0.25) is 0 Å². The van der Waals surface area contributed by atoms with Crippen molar-refractivity contribution in [3.63, 3.8) is 0 Å². The molecule has 0 saturated heterocycles. The molecule has 0 spiro atoms. The van der Waals surface area contributed by atoms with Gasteiger partial charge in [0.2, 0.25) is 0 Å². The van der Waals surface area contributed by atoms with Crippen molar-refractivity contribution in [2.45, 2.75) is 46.0 Å². The topological polar surface area (TPSA) is 26.3 Å². The lowest BCUT2D eigenvalue weighted by Gasteiger charge is -2.14. The molecule has 0 rings (SSSR count). The highest BCUT2D eigenvalue weighted by Crippen LogP contribution is 2.15. The number of hydrogen-bond acceptors (Lipinski definition) is 2. The molecular formula is C12H22O2. The summed E-state index contributed by atoms with van der Waals surface area (Å²) < 4.78 is 5.05. The molecule has 0 saturated carbocycles. The van der Waals surface area contributed by atoms with Gasteiger partial charge in [-0.05, 0) is 18.8 Å². The van der Waals surface area contributed by atoms with Crippen LogP contribution in [-0.2, 0) is 9.53 Å². The molecule has 0 amide bonds. The monoisotopic (exact) mass is 198 g/mol. The van der Waals surface area contributed by atoms with Crippen LogP contribution in [0.15, 0.2) is 12.7 Å². The van der Waals surface area contributed by atoms with E-state index in [0.29, 0.717) is 12.5 Å². The van der Waals surface area contributed by atoms with Crippen molar-refractivity contribution >= 4 is 5.97 Å². The molecule has 1 unspecified atom stereocenters. The van der Waals surface area contributed by atoms with Crippen LogP contribution in [0, 0.1) is 5.92 Å². The Bertz CT molecular complexity index is 164. The minimum absolute atomic E-state index is 0.303. The summed E-state index contributed by atoms with van der Waals surface area (Å²) in [6.45, 7) is 8.27. The van der Waals surface area contributed by atoms with E-state index in [1.165, 1.54) is 18.9 Å². The lowest BCUT2D eigenvalue weighted by molar-refractivity contribution is -0.139. The van der Waals surface area contributed by atoms with Crippen molar-refractivity contribution in [3.8, 4) is 0 Å². The highest BCUT2D eigenvalue weighted by Gasteiger charge is 2.09. The van der Waals surface area contributed by atoms with Gasteiger partial charge in [-0.15, -0.1) is 0 Å². The van der Waals surface area contributed by atoms with Gasteiger partial charge in [-0.2, -0.15) is 0 Å². The van der Waals surface area contributed by atoms with E-state index in [4.69, 9.17) is 4.74 Å². The van der Waals surface area contributed by atoms with Gasteiger partial charge in [-0.25, -0.2) is 4.79 Å². The lowest BCUT2D eigenvalue weighted by Crippen LogP contribution is -2.12. The predicted molar refractivity (Wildman–Crippen MR) is 59.1 cm³/mol. The second-order valence-corrected chi connectivity index (χ2v) is 3.63. The first-order chi connectivity index (χ1) is 6.74. The molecule has 0 aromatic carbocycles. The Morgan fingerprint density at radius 2 is 2.07 bits per heavy atom. The first kappa shape index (κ1) is 13.2. The number of rotatable bonds is 8. The first-order valence-corrected chi connectivity index (χ1v) is 5.53. The summed E-state index contributed by atoms with van der Waals surface area (Å²) in [5.41, 5.74) is 0. The fourth-order valence-electron chi connectivity index (χ4n) is 1.47. The van der Waals surface area contributed by atoms with Gasteiger partial charge in [-0.1, -0.05) is 39.7 Å². The molecule has 0 radical (unpaired) electrons. The van der Waals surface area contributed by atoms with Crippen LogP contribution in [0.1, 0.15) is 46.0 Å². The van der Waals surface area contributed by atoms with Crippen molar-refractivity contribution in [2.24, 2.45) is 5.92 Å². The first-order valence-electron chi connectivity index (χ1n) is 5.53. The predicted octanol–water partition coefficient (Wildman–Crippen LogP) is 3.32. The van der Waals surface area contributed by atoms with E-state index in [0.717, 1.165) is 19.3 Å². The highest BCUT2D eigenvalue weighted by molar-refractivity contribution is 5.81. The van der Waals surface area contributed by atoms with E-state index in [9.17, 15) is 4.79 Å². The normalized spacial score (nSPS) is 12.1. The van der Waals surface area contributed by atoms with Crippen molar-refractivity contribution in [2.75, 3.05) is 6.61 Å². The van der Waals surface area contributed by atoms with E-state index in [1.54, 1.807) is 0 Å². The zero-order valence-corrected chi connectivity index (χ0v) is 9.42. The average Bonchev–Trinajstić information content (AvgIpc) is 2.21. The van der Waals surface area contributed by atoms with Crippen LogP contribution in [0.3, 0.4) is 0 Å². The van der Waals surface area contributed by atoms with Gasteiger partial charge in [0.15, 0.2) is 0 Å². The molecule has 0 aromatic rings. The van der Waals surface area contributed by atoms with Gasteiger partial charge < -0.3 is 4.74 Å². The minimum Gasteiger partial charge on any atom is -0.462 e. The standard InChI is InChI=1S/C12H22O2/c1-4-7-9-11(8-5-2)10-14-12(13)6-3/h6,11H,3-5,7-10H2,1-2H3. The molecule has 0 heterocycles. The van der Waals surface area contributed by atoms with Crippen LogP contribution < -0.4 is 0 Å². The maximum atomic E-state index is 10.9. The molecule has 0 N–H and O–H groups in total. The Morgan fingerprint density at radius 3 is 2.57 bits per heavy atom. The molecule has 0 aliphatic heterocycles. The summed E-state index contributed by atoms with van der Waals surface area (Å²) in [5, 5.41) is 0. The third-order valence-electron chi connectivity index (χ3n) is 2.29. The quantitative estimate of drug-likeness (QED) is 0.442. The molecule has 2 heteroatoms. The van der Waals surface area contributed by atoms with Gasteiger partial charge in [-0.3, -0.25) is 0 Å². The van der Waals surface area contributed by atoms with Crippen LogP contribution in [-0.4, -0.2) is 12.6 Å². The Morgan fingerprint density at radius 1 is 1.36 bits per heavy atom. The summed E-state index contributed by atoms with van der Waals surface area (Å²) in [7, 11) is 0. The van der Waals surface area contributed by atoms with E-state index in [-0.39, 0.29) is 5.97 Å². The summed E-state index contributed by atoms with van der Waals surface area (Å²) in [5.74, 6) is 0.228.